The topological polar surface area (TPSA) is 19.4 Å². The van der Waals surface area contributed by atoms with Gasteiger partial charge in [-0.05, 0) is 274 Å². The van der Waals surface area contributed by atoms with Crippen molar-refractivity contribution in [2.24, 2.45) is 0 Å². The van der Waals surface area contributed by atoms with Crippen molar-refractivity contribution in [3.63, 3.8) is 0 Å². The zero-order chi connectivity index (χ0) is 83.3. The van der Waals surface area contributed by atoms with Crippen molar-refractivity contribution in [1.82, 2.24) is 0 Å². The van der Waals surface area contributed by atoms with Crippen molar-refractivity contribution in [3.05, 3.63) is 541 Å². The molecule has 0 aliphatic heterocycles. The predicted molar refractivity (Wildman–Crippen MR) is 531 cm³/mol. The molecule has 0 heterocycles. The Balaban J connectivity index is 0.598. The van der Waals surface area contributed by atoms with Crippen molar-refractivity contribution in [2.45, 2.75) is 0 Å². The summed E-state index contributed by atoms with van der Waals surface area (Å²) in [6.45, 7) is 0. The minimum atomic E-state index is 1.04. The van der Waals surface area contributed by atoms with Gasteiger partial charge in [-0.2, -0.15) is 0 Å². The van der Waals surface area contributed by atoms with Gasteiger partial charge in [0, 0.05) is 102 Å². The molecule has 124 heavy (non-hydrogen) atoms. The molecular weight excluding hydrogens is 1500 g/mol. The molecule has 0 N–H and O–H groups in total. The Hall–Kier alpha value is -16.5. The van der Waals surface area contributed by atoms with E-state index in [4.69, 9.17) is 0 Å². The summed E-state index contributed by atoms with van der Waals surface area (Å²) in [5.41, 5.74) is 30.6. The minimum Gasteiger partial charge on any atom is -0.311 e. The van der Waals surface area contributed by atoms with Crippen LogP contribution in [-0.2, 0) is 0 Å². The normalized spacial score (nSPS) is 11.4. The molecule has 0 unspecified atom stereocenters. The van der Waals surface area contributed by atoms with Gasteiger partial charge >= 0.3 is 0 Å². The van der Waals surface area contributed by atoms with Gasteiger partial charge < -0.3 is 29.4 Å². The van der Waals surface area contributed by atoms with Crippen LogP contribution in [0.4, 0.5) is 102 Å². The van der Waals surface area contributed by atoms with E-state index >= 15 is 0 Å². The fraction of sp³-hybridized carbons (Fsp3) is 0. The largest absolute Gasteiger partial charge is 0.311 e. The lowest BCUT2D eigenvalue weighted by atomic mass is 10.1. The molecule has 0 amide bonds. The van der Waals surface area contributed by atoms with E-state index in [1.807, 2.05) is 0 Å². The monoisotopic (exact) mass is 1590 g/mol. The first-order valence-corrected chi connectivity index (χ1v) is 42.1. The van der Waals surface area contributed by atoms with Crippen molar-refractivity contribution in [1.29, 1.82) is 0 Å². The molecule has 0 saturated carbocycles. The van der Waals surface area contributed by atoms with Crippen LogP contribution in [0.15, 0.2) is 485 Å². The van der Waals surface area contributed by atoms with Crippen LogP contribution < -0.4 is 29.4 Å². The summed E-state index contributed by atoms with van der Waals surface area (Å²) < 4.78 is 0. The zero-order valence-corrected chi connectivity index (χ0v) is 68.6. The van der Waals surface area contributed by atoms with Crippen LogP contribution in [0.1, 0.15) is 55.6 Å². The molecule has 0 atom stereocenters. The summed E-state index contributed by atoms with van der Waals surface area (Å²) in [5.74, 6) is 0. The first-order valence-electron chi connectivity index (χ1n) is 42.1. The summed E-state index contributed by atoms with van der Waals surface area (Å²) in [6, 6.07) is 172. The van der Waals surface area contributed by atoms with E-state index in [9.17, 15) is 0 Å². The SMILES string of the molecule is C(=C\c1ccc(N(c2ccc(/C=C/c3ccc(N(c4ccccc4)c4ccccc4)cc3)cc2)c2ccc(/C=C/c3ccc(N(c4ccc(/C=C/c5ccc(N(c6ccccc6)c6ccccc6)cc5)cc4)c4ccc(/C=C/c5ccc(N(c6ccccc6)c6ccccc6)cc5)cc4)cc3)cc2)cc1)/c1ccc(N(c2ccccc2)c2ccccc2)cc1. The molecule has 0 saturated heterocycles. The van der Waals surface area contributed by atoms with Crippen LogP contribution in [0.25, 0.3) is 60.8 Å². The predicted octanol–water partition coefficient (Wildman–Crippen LogP) is 33.4. The van der Waals surface area contributed by atoms with Crippen molar-refractivity contribution in [3.8, 4) is 0 Å². The molecule has 0 fully saturated rings. The van der Waals surface area contributed by atoms with Gasteiger partial charge in [-0.25, -0.2) is 0 Å². The smallest absolute Gasteiger partial charge is 0.0462 e. The van der Waals surface area contributed by atoms with Crippen LogP contribution >= 0.6 is 0 Å². The van der Waals surface area contributed by atoms with E-state index in [1.54, 1.807) is 0 Å². The molecule has 18 rings (SSSR count). The van der Waals surface area contributed by atoms with Gasteiger partial charge in [-0.15, -0.1) is 0 Å². The fourth-order valence-electron chi connectivity index (χ4n) is 15.6. The third-order valence-electron chi connectivity index (χ3n) is 22.0. The number of anilines is 18. The minimum absolute atomic E-state index is 1.04. The van der Waals surface area contributed by atoms with Crippen LogP contribution in [0.5, 0.6) is 0 Å². The molecule has 18 aromatic carbocycles. The molecule has 0 spiro atoms. The maximum Gasteiger partial charge on any atom is 0.0462 e. The van der Waals surface area contributed by atoms with E-state index in [-0.39, 0.29) is 0 Å². The molecular formula is C118H90N6. The Morgan fingerprint density at radius 1 is 0.0806 bits per heavy atom. The fourth-order valence-corrected chi connectivity index (χ4v) is 15.6. The maximum absolute atomic E-state index is 2.33. The Morgan fingerprint density at radius 3 is 0.234 bits per heavy atom. The summed E-state index contributed by atoms with van der Waals surface area (Å²) in [5, 5.41) is 0. The van der Waals surface area contributed by atoms with Gasteiger partial charge in [0.25, 0.3) is 0 Å². The quantitative estimate of drug-likeness (QED) is 0.0452. The number of para-hydroxylation sites is 8. The average Bonchev–Trinajstić information content (AvgIpc) is 0.772. The molecule has 0 aromatic heterocycles. The van der Waals surface area contributed by atoms with Gasteiger partial charge in [0.2, 0.25) is 0 Å². The van der Waals surface area contributed by atoms with E-state index in [1.165, 1.54) is 0 Å². The Bertz CT molecular complexity index is 5650. The molecule has 0 radical (unpaired) electrons. The highest BCUT2D eigenvalue weighted by Crippen LogP contribution is 2.43. The summed E-state index contributed by atoms with van der Waals surface area (Å²) in [7, 11) is 0. The van der Waals surface area contributed by atoms with E-state index < -0.39 is 0 Å². The molecule has 0 aliphatic carbocycles. The first-order chi connectivity index (χ1) is 61.4. The number of hydrogen-bond acceptors (Lipinski definition) is 6. The summed E-state index contributed by atoms with van der Waals surface area (Å²) in [4.78, 5) is 13.8. The Labute approximate surface area is 728 Å². The van der Waals surface area contributed by atoms with E-state index in [0.29, 0.717) is 0 Å². The summed E-state index contributed by atoms with van der Waals surface area (Å²) >= 11 is 0. The second kappa shape index (κ2) is 38.5. The third-order valence-corrected chi connectivity index (χ3v) is 22.0. The molecule has 0 bridgehead atoms. The highest BCUT2D eigenvalue weighted by Gasteiger charge is 2.20. The van der Waals surface area contributed by atoms with Gasteiger partial charge in [0.05, 0.1) is 0 Å². The molecule has 592 valence electrons. The third kappa shape index (κ3) is 19.3. The number of rotatable bonds is 28. The van der Waals surface area contributed by atoms with Gasteiger partial charge in [-0.3, -0.25) is 0 Å². The lowest BCUT2D eigenvalue weighted by Gasteiger charge is -2.26. The molecule has 0 aliphatic rings. The zero-order valence-electron chi connectivity index (χ0n) is 68.6. The lowest BCUT2D eigenvalue weighted by Crippen LogP contribution is -2.10. The average molecular weight is 1590 g/mol. The maximum atomic E-state index is 2.33. The Morgan fingerprint density at radius 2 is 0.153 bits per heavy atom. The second-order valence-corrected chi connectivity index (χ2v) is 30.3. The highest BCUT2D eigenvalue weighted by molar-refractivity contribution is 5.87. The van der Waals surface area contributed by atoms with Crippen molar-refractivity contribution >= 4 is 163 Å². The number of nitrogens with zero attached hydrogens (tertiary/aromatic N) is 6. The van der Waals surface area contributed by atoms with Gasteiger partial charge in [0.1, 0.15) is 0 Å². The van der Waals surface area contributed by atoms with E-state index in [2.05, 4.69) is 575 Å². The standard InChI is InChI=1S/C118H90N6/c1-9-25-101(26-10-1)119(102-27-11-2-12-28-102)109-71-51-91(52-72-109)41-45-95-59-79-113(80-60-95)123(114-81-61-96(62-82-114)46-42-92-53-73-110(74-54-92)120(103-29-13-3-14-30-103)104-31-15-4-16-32-104)117-87-67-99(68-88-117)49-50-100-69-89-118(90-70-100)124(115-83-63-97(64-84-115)47-43-93-55-75-111(76-56-93)121(105-33-17-5-18-34-105)106-35-19-6-20-36-106)116-85-65-98(66-86-116)48-44-94-57-77-112(78-58-94)122(107-37-21-7-22-38-107)108-39-23-8-24-40-108/h1-90H/b45-41+,46-42+,47-43+,48-44+,50-49+. The van der Waals surface area contributed by atoms with Crippen LogP contribution in [0, 0.1) is 0 Å². The first kappa shape index (κ1) is 78.6. The van der Waals surface area contributed by atoms with Crippen molar-refractivity contribution < 1.29 is 0 Å². The second-order valence-electron chi connectivity index (χ2n) is 30.3. The molecule has 18 aromatic rings. The number of hydrogen-bond donors (Lipinski definition) is 0. The van der Waals surface area contributed by atoms with Crippen molar-refractivity contribution in [2.75, 3.05) is 29.4 Å². The molecule has 6 heteroatoms. The van der Waals surface area contributed by atoms with Gasteiger partial charge in [-0.1, -0.05) is 328 Å². The Kier molecular flexibility index (Phi) is 24.4. The summed E-state index contributed by atoms with van der Waals surface area (Å²) in [6.07, 6.45) is 21.9. The molecule has 6 nitrogen and oxygen atoms in total. The van der Waals surface area contributed by atoms with Gasteiger partial charge in [0.15, 0.2) is 0 Å². The van der Waals surface area contributed by atoms with Crippen LogP contribution in [0.3, 0.4) is 0 Å². The van der Waals surface area contributed by atoms with Crippen LogP contribution in [0.2, 0.25) is 0 Å². The number of benzene rings is 18. The van der Waals surface area contributed by atoms with Crippen LogP contribution in [-0.4, -0.2) is 0 Å². The lowest BCUT2D eigenvalue weighted by molar-refractivity contribution is 1.28. The highest BCUT2D eigenvalue weighted by atomic mass is 15.2. The van der Waals surface area contributed by atoms with E-state index in [0.717, 1.165) is 158 Å².